The van der Waals surface area contributed by atoms with Crippen molar-refractivity contribution in [3.8, 4) is 0 Å². The molecular weight excluding hydrogens is 540 g/mol. The van der Waals surface area contributed by atoms with Crippen LogP contribution in [0.15, 0.2) is 52.9 Å². The van der Waals surface area contributed by atoms with E-state index in [9.17, 15) is 14.7 Å². The van der Waals surface area contributed by atoms with Gasteiger partial charge in [-0.2, -0.15) is 0 Å². The number of nitrogens with zero attached hydrogens (tertiary/aromatic N) is 2. The van der Waals surface area contributed by atoms with Gasteiger partial charge < -0.3 is 30.0 Å². The van der Waals surface area contributed by atoms with Gasteiger partial charge in [-0.3, -0.25) is 4.79 Å². The number of aryl methyl sites for hydroxylation is 1. The van der Waals surface area contributed by atoms with E-state index in [0.29, 0.717) is 11.4 Å². The largest absolute Gasteiger partial charge is 0.465 e. The molecule has 1 fully saturated rings. The van der Waals surface area contributed by atoms with E-state index in [4.69, 9.17) is 14.2 Å². The maximum Gasteiger partial charge on any atom is 0.325 e. The van der Waals surface area contributed by atoms with E-state index in [1.165, 1.54) is 0 Å². The Morgan fingerprint density at radius 2 is 1.92 bits per heavy atom. The number of hydrogen-bond acceptors (Lipinski definition) is 10. The Morgan fingerprint density at radius 1 is 1.13 bits per heavy atom. The summed E-state index contributed by atoms with van der Waals surface area (Å²) in [5.74, 6) is 0.178. The van der Waals surface area contributed by atoms with Gasteiger partial charge in [-0.1, -0.05) is 66.4 Å². The lowest BCUT2D eigenvalue weighted by Crippen LogP contribution is -2.38. The smallest absolute Gasteiger partial charge is 0.325 e. The van der Waals surface area contributed by atoms with Gasteiger partial charge in [0.25, 0.3) is 0 Å². The van der Waals surface area contributed by atoms with E-state index in [0.717, 1.165) is 26.0 Å². The Balaban J connectivity index is 1.50. The van der Waals surface area contributed by atoms with Gasteiger partial charge in [0.2, 0.25) is 0 Å². The molecule has 2 aromatic carbocycles. The Hall–Kier alpha value is -3.03. The summed E-state index contributed by atoms with van der Waals surface area (Å²) in [6.45, 7) is 5.72. The number of carbonyl (C=O) groups is 2. The van der Waals surface area contributed by atoms with Crippen molar-refractivity contribution in [1.29, 1.82) is 0 Å². The molecule has 1 aliphatic rings. The molecule has 2 amide bonds. The Bertz CT molecular complexity index is 1260. The first-order chi connectivity index (χ1) is 18.9. The lowest BCUT2D eigenvalue weighted by molar-refractivity contribution is -0.268. The van der Waals surface area contributed by atoms with Gasteiger partial charge in [-0.15, -0.1) is 10.2 Å². The third kappa shape index (κ3) is 7.99. The summed E-state index contributed by atoms with van der Waals surface area (Å²) in [6, 6.07) is 14.4. The van der Waals surface area contributed by atoms with Crippen LogP contribution in [0, 0.1) is 12.8 Å². The van der Waals surface area contributed by atoms with Crippen molar-refractivity contribution in [2.45, 2.75) is 50.2 Å². The molecule has 3 aromatic rings. The SMILES string of the molecule is CCOC(=O)CNC(=O)Nc1cccc([C@@H]2O[C@H](CSc3nnc(C)s3)[C@H](C)[C@H](c3ccc(CO)cc3)O2)c1. The van der Waals surface area contributed by atoms with E-state index in [-0.39, 0.29) is 37.9 Å². The first-order valence-corrected chi connectivity index (χ1v) is 14.4. The minimum atomic E-state index is -0.685. The number of benzene rings is 2. The molecule has 10 nitrogen and oxygen atoms in total. The number of hydrogen-bond donors (Lipinski definition) is 3. The Morgan fingerprint density at radius 3 is 2.62 bits per heavy atom. The highest BCUT2D eigenvalue weighted by Gasteiger charge is 2.38. The van der Waals surface area contributed by atoms with Crippen LogP contribution >= 0.6 is 23.1 Å². The number of aromatic nitrogens is 2. The number of esters is 1. The Labute approximate surface area is 235 Å². The topological polar surface area (TPSA) is 132 Å². The molecule has 0 saturated carbocycles. The van der Waals surface area contributed by atoms with Gasteiger partial charge in [0, 0.05) is 22.9 Å². The molecule has 1 aliphatic heterocycles. The second kappa shape index (κ2) is 13.9. The number of nitrogens with one attached hydrogen (secondary N) is 2. The second-order valence-corrected chi connectivity index (χ2v) is 11.4. The quantitative estimate of drug-likeness (QED) is 0.235. The van der Waals surface area contributed by atoms with Gasteiger partial charge in [0.05, 0.1) is 25.4 Å². The number of ether oxygens (including phenoxy) is 3. The van der Waals surface area contributed by atoms with Crippen LogP contribution < -0.4 is 10.6 Å². The van der Waals surface area contributed by atoms with Crippen LogP contribution in [0.25, 0.3) is 0 Å². The third-order valence-corrected chi connectivity index (χ3v) is 8.18. The zero-order chi connectivity index (χ0) is 27.8. The summed E-state index contributed by atoms with van der Waals surface area (Å²) >= 11 is 3.15. The molecule has 1 aromatic heterocycles. The van der Waals surface area contributed by atoms with Crippen molar-refractivity contribution in [1.82, 2.24) is 15.5 Å². The third-order valence-electron chi connectivity index (χ3n) is 6.12. The van der Waals surface area contributed by atoms with Crippen molar-refractivity contribution in [3.63, 3.8) is 0 Å². The number of amides is 2. The number of carbonyl (C=O) groups excluding carboxylic acids is 2. The average Bonchev–Trinajstić information content (AvgIpc) is 3.36. The number of aliphatic hydroxyl groups excluding tert-OH is 1. The molecule has 12 heteroatoms. The lowest BCUT2D eigenvalue weighted by Gasteiger charge is -2.41. The van der Waals surface area contributed by atoms with Gasteiger partial charge in [0.15, 0.2) is 10.6 Å². The predicted octanol–water partition coefficient (Wildman–Crippen LogP) is 4.61. The first-order valence-electron chi connectivity index (χ1n) is 12.6. The zero-order valence-corrected chi connectivity index (χ0v) is 23.6. The molecule has 2 heterocycles. The fourth-order valence-electron chi connectivity index (χ4n) is 4.10. The zero-order valence-electron chi connectivity index (χ0n) is 22.0. The van der Waals surface area contributed by atoms with Gasteiger partial charge in [-0.05, 0) is 37.1 Å². The van der Waals surface area contributed by atoms with E-state index >= 15 is 0 Å². The lowest BCUT2D eigenvalue weighted by atomic mass is 9.91. The van der Waals surface area contributed by atoms with Crippen LogP contribution in [-0.4, -0.2) is 52.3 Å². The predicted molar refractivity (Wildman–Crippen MR) is 148 cm³/mol. The number of urea groups is 1. The fraction of sp³-hybridized carbons (Fsp3) is 0.407. The van der Waals surface area contributed by atoms with Crippen LogP contribution in [0.3, 0.4) is 0 Å². The molecule has 4 rings (SSSR count). The van der Waals surface area contributed by atoms with Crippen molar-refractivity contribution < 1.29 is 28.9 Å². The van der Waals surface area contributed by atoms with Crippen molar-refractivity contribution in [2.24, 2.45) is 5.92 Å². The molecule has 39 heavy (non-hydrogen) atoms. The van der Waals surface area contributed by atoms with Crippen LogP contribution in [0.2, 0.25) is 0 Å². The van der Waals surface area contributed by atoms with Crippen molar-refractivity contribution in [2.75, 3.05) is 24.2 Å². The molecule has 0 aliphatic carbocycles. The standard InChI is InChI=1S/C27H32N4O6S2/c1-4-35-23(33)13-28-26(34)29-21-7-5-6-20(12-21)25-36-22(15-38-27-31-30-17(3)39-27)16(2)24(37-25)19-10-8-18(14-32)9-11-19/h5-12,16,22,24-25,32H,4,13-15H2,1-3H3,(H2,28,29,34)/t16-,22+,24+,25+/m0/s1. The van der Waals surface area contributed by atoms with Gasteiger partial charge in [0.1, 0.15) is 11.6 Å². The molecule has 208 valence electrons. The maximum absolute atomic E-state index is 12.3. The van der Waals surface area contributed by atoms with E-state index in [1.54, 1.807) is 48.2 Å². The van der Waals surface area contributed by atoms with Crippen molar-refractivity contribution >= 4 is 40.8 Å². The summed E-state index contributed by atoms with van der Waals surface area (Å²) in [5, 5.41) is 23.9. The van der Waals surface area contributed by atoms with E-state index in [1.807, 2.05) is 37.3 Å². The second-order valence-electron chi connectivity index (χ2n) is 8.96. The number of rotatable bonds is 10. The summed E-state index contributed by atoms with van der Waals surface area (Å²) in [5.41, 5.74) is 3.08. The molecule has 3 N–H and O–H groups in total. The summed E-state index contributed by atoms with van der Waals surface area (Å²) in [7, 11) is 0. The van der Waals surface area contributed by atoms with Crippen LogP contribution in [0.4, 0.5) is 10.5 Å². The Kier molecular flexibility index (Phi) is 10.3. The molecular formula is C27H32N4O6S2. The molecule has 0 unspecified atom stereocenters. The monoisotopic (exact) mass is 572 g/mol. The molecule has 0 bridgehead atoms. The van der Waals surface area contributed by atoms with Crippen LogP contribution in [0.5, 0.6) is 0 Å². The minimum Gasteiger partial charge on any atom is -0.465 e. The molecule has 0 spiro atoms. The highest BCUT2D eigenvalue weighted by Crippen LogP contribution is 2.43. The van der Waals surface area contributed by atoms with Crippen LogP contribution in [0.1, 0.15) is 47.9 Å². The summed E-state index contributed by atoms with van der Waals surface area (Å²) < 4.78 is 18.7. The van der Waals surface area contributed by atoms with E-state index in [2.05, 4.69) is 27.8 Å². The highest BCUT2D eigenvalue weighted by molar-refractivity contribution is 8.01. The summed E-state index contributed by atoms with van der Waals surface area (Å²) in [4.78, 5) is 23.8. The highest BCUT2D eigenvalue weighted by atomic mass is 32.2. The normalized spacial score (nSPS) is 20.8. The number of aliphatic hydroxyl groups is 1. The van der Waals surface area contributed by atoms with Crippen LogP contribution in [-0.2, 0) is 25.6 Å². The fourth-order valence-corrected chi connectivity index (χ4v) is 6.11. The maximum atomic E-state index is 12.3. The minimum absolute atomic E-state index is 0.0257. The number of anilines is 1. The first kappa shape index (κ1) is 29.0. The number of thioether (sulfide) groups is 1. The molecule has 1 saturated heterocycles. The van der Waals surface area contributed by atoms with Gasteiger partial charge >= 0.3 is 12.0 Å². The van der Waals surface area contributed by atoms with Crippen molar-refractivity contribution in [3.05, 3.63) is 70.2 Å². The molecule has 0 radical (unpaired) electrons. The summed E-state index contributed by atoms with van der Waals surface area (Å²) in [6.07, 6.45) is -1.11. The van der Waals surface area contributed by atoms with Gasteiger partial charge in [-0.25, -0.2) is 4.79 Å². The average molecular weight is 573 g/mol. The molecule has 4 atom stereocenters. The van der Waals surface area contributed by atoms with E-state index < -0.39 is 18.3 Å².